The average Bonchev–Trinajstić information content (AvgIpc) is 2.03. The van der Waals surface area contributed by atoms with Crippen molar-refractivity contribution < 1.29 is 24.6 Å². The van der Waals surface area contributed by atoms with Crippen LogP contribution in [0.3, 0.4) is 0 Å². The summed E-state index contributed by atoms with van der Waals surface area (Å²) in [6.45, 7) is -0.365. The molecule has 0 aliphatic rings. The average molecular weight is 175 g/mol. The number of carbonyl (C=O) groups excluding carboxylic acids is 2. The fraction of sp³-hybridized carbons (Fsp3) is 0.500. The van der Waals surface area contributed by atoms with Gasteiger partial charge in [0.2, 0.25) is 6.29 Å². The lowest BCUT2D eigenvalue weighted by molar-refractivity contribution is -0.142. The Hall–Kier alpha value is -1.43. The van der Waals surface area contributed by atoms with Gasteiger partial charge in [0.05, 0.1) is 0 Å². The van der Waals surface area contributed by atoms with Gasteiger partial charge in [0.25, 0.3) is 5.91 Å². The first-order chi connectivity index (χ1) is 5.61. The van der Waals surface area contributed by atoms with Crippen LogP contribution in [-0.2, 0) is 14.4 Å². The highest BCUT2D eigenvalue weighted by molar-refractivity contribution is 6.24. The molecule has 0 bridgehead atoms. The third kappa shape index (κ3) is 3.67. The van der Waals surface area contributed by atoms with Gasteiger partial charge in [-0.3, -0.25) is 9.59 Å². The number of hydrogen-bond donors (Lipinski definition) is 3. The molecule has 0 aliphatic carbocycles. The second-order valence-electron chi connectivity index (χ2n) is 2.03. The number of nitrogens with one attached hydrogen (secondary N) is 1. The summed E-state index contributed by atoms with van der Waals surface area (Å²) in [7, 11) is 0. The van der Waals surface area contributed by atoms with Crippen LogP contribution in [-0.4, -0.2) is 41.0 Å². The molecule has 0 saturated heterocycles. The maximum absolute atomic E-state index is 10.4. The molecule has 0 aromatic rings. The van der Waals surface area contributed by atoms with Crippen LogP contribution in [0.4, 0.5) is 0 Å². The zero-order valence-corrected chi connectivity index (χ0v) is 6.19. The van der Waals surface area contributed by atoms with Gasteiger partial charge in [0, 0.05) is 13.0 Å². The van der Waals surface area contributed by atoms with Gasteiger partial charge in [-0.05, 0) is 0 Å². The van der Waals surface area contributed by atoms with Crippen molar-refractivity contribution >= 4 is 18.2 Å². The van der Waals surface area contributed by atoms with Crippen molar-refractivity contribution in [2.24, 2.45) is 0 Å². The minimum absolute atomic E-state index is 0.0205. The van der Waals surface area contributed by atoms with Gasteiger partial charge in [-0.1, -0.05) is 0 Å². The molecule has 1 amide bonds. The molecule has 12 heavy (non-hydrogen) atoms. The van der Waals surface area contributed by atoms with Crippen LogP contribution in [0.25, 0.3) is 0 Å². The fourth-order valence-electron chi connectivity index (χ4n) is 0.592. The monoisotopic (exact) mass is 175 g/mol. The second-order valence-corrected chi connectivity index (χ2v) is 2.03. The van der Waals surface area contributed by atoms with E-state index in [1.54, 1.807) is 0 Å². The predicted molar refractivity (Wildman–Crippen MR) is 37.3 cm³/mol. The van der Waals surface area contributed by atoms with E-state index in [1.165, 1.54) is 0 Å². The van der Waals surface area contributed by atoms with E-state index in [-0.39, 0.29) is 19.3 Å². The highest BCUT2D eigenvalue weighted by Gasteiger charge is 2.18. The predicted octanol–water partition coefficient (Wildman–Crippen LogP) is -1.86. The van der Waals surface area contributed by atoms with Crippen molar-refractivity contribution in [3.8, 4) is 0 Å². The van der Waals surface area contributed by atoms with Gasteiger partial charge in [-0.2, -0.15) is 0 Å². The number of aliphatic hydroxyl groups is 1. The molecular weight excluding hydrogens is 166 g/mol. The first kappa shape index (κ1) is 10.6. The SMILES string of the molecule is O=CC(=O)N[C@@H](CCO)C(=O)O. The van der Waals surface area contributed by atoms with Crippen LogP contribution >= 0.6 is 0 Å². The third-order valence-electron chi connectivity index (χ3n) is 1.14. The standard InChI is InChI=1S/C6H9NO5/c8-2-1-4(6(11)12)7-5(10)3-9/h3-4,8H,1-2H2,(H,7,10)(H,11,12)/t4-/m0/s1. The number of rotatable bonds is 5. The van der Waals surface area contributed by atoms with Crippen molar-refractivity contribution in [2.45, 2.75) is 12.5 Å². The number of hydrogen-bond acceptors (Lipinski definition) is 4. The zero-order valence-electron chi connectivity index (χ0n) is 6.19. The Morgan fingerprint density at radius 1 is 1.50 bits per heavy atom. The molecule has 3 N–H and O–H groups in total. The Kier molecular flexibility index (Phi) is 4.62. The van der Waals surface area contributed by atoms with Gasteiger partial charge in [0.15, 0.2) is 0 Å². The lowest BCUT2D eigenvalue weighted by atomic mass is 10.2. The number of carboxylic acid groups (broad SMARTS) is 1. The Balaban J connectivity index is 4.03. The van der Waals surface area contributed by atoms with E-state index in [0.717, 1.165) is 0 Å². The molecular formula is C6H9NO5. The lowest BCUT2D eigenvalue weighted by Gasteiger charge is -2.09. The molecule has 0 aromatic carbocycles. The summed E-state index contributed by atoms with van der Waals surface area (Å²) in [5, 5.41) is 18.7. The molecule has 6 heteroatoms. The normalized spacial score (nSPS) is 11.8. The smallest absolute Gasteiger partial charge is 0.326 e. The minimum atomic E-state index is -1.28. The van der Waals surface area contributed by atoms with Gasteiger partial charge < -0.3 is 15.5 Å². The molecule has 1 atom stereocenters. The van der Waals surface area contributed by atoms with E-state index in [2.05, 4.69) is 0 Å². The van der Waals surface area contributed by atoms with E-state index in [0.29, 0.717) is 0 Å². The third-order valence-corrected chi connectivity index (χ3v) is 1.14. The molecule has 0 heterocycles. The minimum Gasteiger partial charge on any atom is -0.480 e. The molecule has 68 valence electrons. The van der Waals surface area contributed by atoms with Crippen LogP contribution in [0.15, 0.2) is 0 Å². The number of carboxylic acids is 1. The quantitative estimate of drug-likeness (QED) is 0.335. The first-order valence-electron chi connectivity index (χ1n) is 3.21. The van der Waals surface area contributed by atoms with Crippen LogP contribution in [0, 0.1) is 0 Å². The van der Waals surface area contributed by atoms with E-state index >= 15 is 0 Å². The summed E-state index contributed by atoms with van der Waals surface area (Å²) in [5.41, 5.74) is 0. The molecule has 6 nitrogen and oxygen atoms in total. The summed E-state index contributed by atoms with van der Waals surface area (Å²) < 4.78 is 0. The number of carbonyl (C=O) groups is 3. The Morgan fingerprint density at radius 2 is 2.08 bits per heavy atom. The van der Waals surface area contributed by atoms with Gasteiger partial charge in [-0.25, -0.2) is 4.79 Å². The molecule has 0 aliphatic heterocycles. The van der Waals surface area contributed by atoms with Crippen molar-refractivity contribution in [2.75, 3.05) is 6.61 Å². The summed E-state index contributed by atoms with van der Waals surface area (Å²) in [6, 6.07) is -1.20. The molecule has 0 radical (unpaired) electrons. The topological polar surface area (TPSA) is 104 Å². The summed E-state index contributed by atoms with van der Waals surface area (Å²) in [4.78, 5) is 30.5. The van der Waals surface area contributed by atoms with Crippen molar-refractivity contribution in [1.29, 1.82) is 0 Å². The maximum Gasteiger partial charge on any atom is 0.326 e. The highest BCUT2D eigenvalue weighted by atomic mass is 16.4. The summed E-state index contributed by atoms with van der Waals surface area (Å²) in [6.07, 6.45) is -0.137. The Bertz CT molecular complexity index is 190. The number of aldehydes is 1. The Labute approximate surface area is 68.2 Å². The molecule has 0 spiro atoms. The molecule has 0 rings (SSSR count). The number of aliphatic carboxylic acids is 1. The van der Waals surface area contributed by atoms with Crippen molar-refractivity contribution in [3.63, 3.8) is 0 Å². The van der Waals surface area contributed by atoms with Crippen LogP contribution < -0.4 is 5.32 Å². The fourth-order valence-corrected chi connectivity index (χ4v) is 0.592. The largest absolute Gasteiger partial charge is 0.480 e. The van der Waals surface area contributed by atoms with Gasteiger partial charge in [-0.15, -0.1) is 0 Å². The van der Waals surface area contributed by atoms with E-state index in [9.17, 15) is 14.4 Å². The summed E-state index contributed by atoms with van der Waals surface area (Å²) in [5.74, 6) is -2.28. The van der Waals surface area contributed by atoms with E-state index in [4.69, 9.17) is 10.2 Å². The van der Waals surface area contributed by atoms with Crippen molar-refractivity contribution in [1.82, 2.24) is 5.32 Å². The summed E-state index contributed by atoms with van der Waals surface area (Å²) >= 11 is 0. The maximum atomic E-state index is 10.4. The van der Waals surface area contributed by atoms with Crippen LogP contribution in [0.1, 0.15) is 6.42 Å². The molecule has 0 saturated carbocycles. The lowest BCUT2D eigenvalue weighted by Crippen LogP contribution is -2.41. The number of amides is 1. The van der Waals surface area contributed by atoms with Crippen molar-refractivity contribution in [3.05, 3.63) is 0 Å². The first-order valence-corrected chi connectivity index (χ1v) is 3.21. The van der Waals surface area contributed by atoms with Gasteiger partial charge >= 0.3 is 5.97 Å². The Morgan fingerprint density at radius 3 is 2.42 bits per heavy atom. The number of aliphatic hydroxyl groups excluding tert-OH is 1. The highest BCUT2D eigenvalue weighted by Crippen LogP contribution is 1.90. The van der Waals surface area contributed by atoms with E-state index < -0.39 is 17.9 Å². The van der Waals surface area contributed by atoms with Gasteiger partial charge in [0.1, 0.15) is 6.04 Å². The van der Waals surface area contributed by atoms with Crippen LogP contribution in [0.2, 0.25) is 0 Å². The zero-order chi connectivity index (χ0) is 9.56. The van der Waals surface area contributed by atoms with E-state index in [1.807, 2.05) is 5.32 Å². The molecule has 0 unspecified atom stereocenters. The molecule has 0 aromatic heterocycles. The molecule has 0 fully saturated rings. The second kappa shape index (κ2) is 5.25. The van der Waals surface area contributed by atoms with Crippen LogP contribution in [0.5, 0.6) is 0 Å².